The minimum absolute atomic E-state index is 0.0580. The van der Waals surface area contributed by atoms with Gasteiger partial charge in [-0.3, -0.25) is 4.79 Å². The SMILES string of the molecule is CCNC(=NCC(=O)N1CCc2ccccc2C1)NCc1nc(C)c(C)s1. The number of amides is 1. The molecule has 0 spiro atoms. The quantitative estimate of drug-likeness (QED) is 0.613. The lowest BCUT2D eigenvalue weighted by atomic mass is 10.00. The van der Waals surface area contributed by atoms with E-state index in [0.29, 0.717) is 19.0 Å². The summed E-state index contributed by atoms with van der Waals surface area (Å²) in [7, 11) is 0. The maximum atomic E-state index is 12.6. The molecule has 7 heteroatoms. The minimum Gasteiger partial charge on any atom is -0.357 e. The van der Waals surface area contributed by atoms with Gasteiger partial charge in [0, 0.05) is 24.5 Å². The second-order valence-electron chi connectivity index (χ2n) is 6.63. The third-order valence-electron chi connectivity index (χ3n) is 4.68. The van der Waals surface area contributed by atoms with Gasteiger partial charge >= 0.3 is 0 Å². The lowest BCUT2D eigenvalue weighted by Gasteiger charge is -2.28. The van der Waals surface area contributed by atoms with E-state index in [1.54, 1.807) is 11.3 Å². The molecule has 0 unspecified atom stereocenters. The minimum atomic E-state index is 0.0580. The third-order valence-corrected chi connectivity index (χ3v) is 5.75. The lowest BCUT2D eigenvalue weighted by molar-refractivity contribution is -0.130. The molecule has 1 aromatic carbocycles. The van der Waals surface area contributed by atoms with Crippen molar-refractivity contribution in [2.45, 2.75) is 40.3 Å². The molecule has 0 fully saturated rings. The summed E-state index contributed by atoms with van der Waals surface area (Å²) in [5.41, 5.74) is 3.65. The van der Waals surface area contributed by atoms with Gasteiger partial charge in [0.05, 0.1) is 12.2 Å². The smallest absolute Gasteiger partial charge is 0.244 e. The van der Waals surface area contributed by atoms with Crippen molar-refractivity contribution in [1.29, 1.82) is 0 Å². The van der Waals surface area contributed by atoms with Crippen molar-refractivity contribution in [1.82, 2.24) is 20.5 Å². The van der Waals surface area contributed by atoms with Crippen LogP contribution in [0, 0.1) is 13.8 Å². The standard InChI is InChI=1S/C20H27N5OS/c1-4-21-20(22-11-18-24-14(2)15(3)27-18)23-12-19(26)25-10-9-16-7-5-6-8-17(16)13-25/h5-8H,4,9-13H2,1-3H3,(H2,21,22,23). The van der Waals surface area contributed by atoms with Crippen molar-refractivity contribution < 1.29 is 4.79 Å². The number of benzene rings is 1. The van der Waals surface area contributed by atoms with Gasteiger partial charge in [-0.25, -0.2) is 9.98 Å². The molecule has 0 aliphatic carbocycles. The van der Waals surface area contributed by atoms with Crippen molar-refractivity contribution >= 4 is 23.2 Å². The summed E-state index contributed by atoms with van der Waals surface area (Å²) in [5.74, 6) is 0.705. The molecule has 144 valence electrons. The van der Waals surface area contributed by atoms with Gasteiger partial charge in [-0.2, -0.15) is 0 Å². The molecule has 1 aliphatic heterocycles. The Morgan fingerprint density at radius 3 is 2.74 bits per heavy atom. The molecule has 1 amide bonds. The van der Waals surface area contributed by atoms with E-state index < -0.39 is 0 Å². The molecule has 2 N–H and O–H groups in total. The first-order valence-corrected chi connectivity index (χ1v) is 10.2. The van der Waals surface area contributed by atoms with Crippen LogP contribution in [-0.4, -0.2) is 41.4 Å². The van der Waals surface area contributed by atoms with E-state index in [0.717, 1.165) is 30.2 Å². The van der Waals surface area contributed by atoms with Gasteiger partial charge in [0.2, 0.25) is 5.91 Å². The normalized spacial score (nSPS) is 14.0. The van der Waals surface area contributed by atoms with Gasteiger partial charge in [0.15, 0.2) is 5.96 Å². The first kappa shape index (κ1) is 19.4. The van der Waals surface area contributed by atoms with Gasteiger partial charge in [-0.05, 0) is 38.3 Å². The van der Waals surface area contributed by atoms with Crippen molar-refractivity contribution in [3.05, 3.63) is 51.0 Å². The number of aromatic nitrogens is 1. The monoisotopic (exact) mass is 385 g/mol. The molecule has 2 heterocycles. The van der Waals surface area contributed by atoms with E-state index in [2.05, 4.69) is 45.7 Å². The van der Waals surface area contributed by atoms with Crippen LogP contribution in [0.25, 0.3) is 0 Å². The van der Waals surface area contributed by atoms with E-state index in [9.17, 15) is 4.79 Å². The molecule has 0 saturated heterocycles. The molecule has 0 radical (unpaired) electrons. The number of aliphatic imine (C=N–C) groups is 1. The Balaban J connectivity index is 1.57. The Hall–Kier alpha value is -2.41. The highest BCUT2D eigenvalue weighted by molar-refractivity contribution is 7.11. The number of hydrogen-bond acceptors (Lipinski definition) is 4. The molecule has 1 aromatic heterocycles. The second-order valence-corrected chi connectivity index (χ2v) is 7.92. The molecule has 0 atom stereocenters. The fourth-order valence-electron chi connectivity index (χ4n) is 3.07. The van der Waals surface area contributed by atoms with E-state index in [-0.39, 0.29) is 12.5 Å². The fourth-order valence-corrected chi connectivity index (χ4v) is 3.94. The molecular weight excluding hydrogens is 358 g/mol. The van der Waals surface area contributed by atoms with Crippen LogP contribution in [0.15, 0.2) is 29.3 Å². The summed E-state index contributed by atoms with van der Waals surface area (Å²) in [6.07, 6.45) is 0.909. The third kappa shape index (κ3) is 5.07. The maximum Gasteiger partial charge on any atom is 0.244 e. The Kier molecular flexibility index (Phi) is 6.45. The van der Waals surface area contributed by atoms with Crippen molar-refractivity contribution in [3.63, 3.8) is 0 Å². The zero-order valence-corrected chi connectivity index (χ0v) is 17.0. The van der Waals surface area contributed by atoms with Crippen LogP contribution in [0.3, 0.4) is 0 Å². The van der Waals surface area contributed by atoms with Crippen LogP contribution in [-0.2, 0) is 24.3 Å². The number of nitrogens with zero attached hydrogens (tertiary/aromatic N) is 3. The summed E-state index contributed by atoms with van der Waals surface area (Å²) in [6.45, 7) is 9.03. The molecular formula is C20H27N5OS. The highest BCUT2D eigenvalue weighted by atomic mass is 32.1. The molecule has 0 bridgehead atoms. The van der Waals surface area contributed by atoms with Crippen LogP contribution in [0.4, 0.5) is 0 Å². The number of carbonyl (C=O) groups is 1. The summed E-state index contributed by atoms with van der Waals surface area (Å²) >= 11 is 1.68. The second kappa shape index (κ2) is 8.99. The first-order valence-electron chi connectivity index (χ1n) is 9.36. The lowest BCUT2D eigenvalue weighted by Crippen LogP contribution is -2.40. The highest BCUT2D eigenvalue weighted by Crippen LogP contribution is 2.18. The number of nitrogens with one attached hydrogen (secondary N) is 2. The van der Waals surface area contributed by atoms with Crippen LogP contribution in [0.5, 0.6) is 0 Å². The van der Waals surface area contributed by atoms with Gasteiger partial charge in [-0.15, -0.1) is 11.3 Å². The summed E-state index contributed by atoms with van der Waals surface area (Å²) in [5, 5.41) is 7.48. The Labute approximate surface area is 164 Å². The molecule has 0 saturated carbocycles. The van der Waals surface area contributed by atoms with Gasteiger partial charge in [0.1, 0.15) is 11.6 Å². The number of aryl methyl sites for hydroxylation is 2. The number of carbonyl (C=O) groups excluding carboxylic acids is 1. The number of guanidine groups is 1. The molecule has 1 aliphatic rings. The van der Waals surface area contributed by atoms with Crippen LogP contribution in [0.2, 0.25) is 0 Å². The van der Waals surface area contributed by atoms with Crippen LogP contribution >= 0.6 is 11.3 Å². The molecule has 27 heavy (non-hydrogen) atoms. The molecule has 3 rings (SSSR count). The molecule has 2 aromatic rings. The number of fused-ring (bicyclic) bond motifs is 1. The largest absolute Gasteiger partial charge is 0.357 e. The molecule has 6 nitrogen and oxygen atoms in total. The van der Waals surface area contributed by atoms with E-state index in [1.165, 1.54) is 16.0 Å². The highest BCUT2D eigenvalue weighted by Gasteiger charge is 2.20. The first-order chi connectivity index (χ1) is 13.1. The van der Waals surface area contributed by atoms with E-state index >= 15 is 0 Å². The van der Waals surface area contributed by atoms with Gasteiger partial charge in [0.25, 0.3) is 0 Å². The predicted molar refractivity (Wildman–Crippen MR) is 110 cm³/mol. The summed E-state index contributed by atoms with van der Waals surface area (Å²) < 4.78 is 0. The number of thiazole rings is 1. The maximum absolute atomic E-state index is 12.6. The van der Waals surface area contributed by atoms with Gasteiger partial charge < -0.3 is 15.5 Å². The number of hydrogen-bond donors (Lipinski definition) is 2. The van der Waals surface area contributed by atoms with Crippen LogP contribution < -0.4 is 10.6 Å². The zero-order chi connectivity index (χ0) is 19.2. The van der Waals surface area contributed by atoms with Crippen molar-refractivity contribution in [2.24, 2.45) is 4.99 Å². The Morgan fingerprint density at radius 2 is 2.04 bits per heavy atom. The van der Waals surface area contributed by atoms with Crippen molar-refractivity contribution in [3.8, 4) is 0 Å². The average Bonchev–Trinajstić information content (AvgIpc) is 3.01. The van der Waals surface area contributed by atoms with Crippen LogP contribution in [0.1, 0.15) is 33.6 Å². The fraction of sp³-hybridized carbons (Fsp3) is 0.450. The number of rotatable bonds is 5. The van der Waals surface area contributed by atoms with E-state index in [4.69, 9.17) is 0 Å². The van der Waals surface area contributed by atoms with E-state index in [1.807, 2.05) is 24.8 Å². The Bertz CT molecular complexity index is 810. The van der Waals surface area contributed by atoms with Crippen molar-refractivity contribution in [2.75, 3.05) is 19.6 Å². The average molecular weight is 386 g/mol. The summed E-state index contributed by atoms with van der Waals surface area (Å²) in [4.78, 5) is 24.7. The van der Waals surface area contributed by atoms with Gasteiger partial charge in [-0.1, -0.05) is 24.3 Å². The zero-order valence-electron chi connectivity index (χ0n) is 16.2. The Morgan fingerprint density at radius 1 is 1.26 bits per heavy atom. The summed E-state index contributed by atoms with van der Waals surface area (Å²) in [6, 6.07) is 8.33. The topological polar surface area (TPSA) is 69.6 Å². The predicted octanol–water partition coefficient (Wildman–Crippen LogP) is 2.40.